The predicted octanol–water partition coefficient (Wildman–Crippen LogP) is 3.01. The molecule has 1 aliphatic carbocycles. The van der Waals surface area contributed by atoms with Crippen molar-refractivity contribution >= 4 is 5.91 Å². The highest BCUT2D eigenvalue weighted by atomic mass is 19.1. The van der Waals surface area contributed by atoms with Crippen LogP contribution in [-0.2, 0) is 0 Å². The Morgan fingerprint density at radius 1 is 1.47 bits per heavy atom. The number of benzene rings is 1. The third-order valence-corrected chi connectivity index (χ3v) is 3.26. The van der Waals surface area contributed by atoms with Gasteiger partial charge >= 0.3 is 0 Å². The van der Waals surface area contributed by atoms with Gasteiger partial charge in [-0.3, -0.25) is 4.79 Å². The number of nitrogens with zero attached hydrogens (tertiary/aromatic N) is 1. The molecule has 0 spiro atoms. The lowest BCUT2D eigenvalue weighted by Gasteiger charge is -2.21. The Morgan fingerprint density at radius 2 is 2.18 bits per heavy atom. The summed E-state index contributed by atoms with van der Waals surface area (Å²) in [6, 6.07) is 4.35. The Bertz CT molecular complexity index is 426. The largest absolute Gasteiger partial charge is 0.339 e. The number of hydrogen-bond donors (Lipinski definition) is 0. The molecule has 0 atom stereocenters. The number of aryl methyl sites for hydroxylation is 1. The van der Waals surface area contributed by atoms with Crippen molar-refractivity contribution in [1.82, 2.24) is 4.90 Å². The van der Waals surface area contributed by atoms with Gasteiger partial charge in [0.1, 0.15) is 5.82 Å². The van der Waals surface area contributed by atoms with Crippen LogP contribution in [0.2, 0.25) is 0 Å². The van der Waals surface area contributed by atoms with Gasteiger partial charge in [0.2, 0.25) is 0 Å². The standard InChI is InChI=1S/C14H18FNO/c1-3-16(9-11-4-5-11)14(17)13-7-6-12(15)8-10(13)2/h6-8,11H,3-5,9H2,1-2H3. The monoisotopic (exact) mass is 235 g/mol. The van der Waals surface area contributed by atoms with Crippen molar-refractivity contribution < 1.29 is 9.18 Å². The zero-order valence-electron chi connectivity index (χ0n) is 10.4. The minimum atomic E-state index is -0.288. The molecule has 0 saturated heterocycles. The van der Waals surface area contributed by atoms with Gasteiger partial charge in [0.05, 0.1) is 0 Å². The predicted molar refractivity (Wildman–Crippen MR) is 65.4 cm³/mol. The molecule has 1 aromatic carbocycles. The first-order valence-corrected chi connectivity index (χ1v) is 6.17. The van der Waals surface area contributed by atoms with E-state index in [9.17, 15) is 9.18 Å². The molecule has 0 heterocycles. The van der Waals surface area contributed by atoms with E-state index in [-0.39, 0.29) is 11.7 Å². The average molecular weight is 235 g/mol. The van der Waals surface area contributed by atoms with Crippen molar-refractivity contribution in [1.29, 1.82) is 0 Å². The van der Waals surface area contributed by atoms with Crippen LogP contribution >= 0.6 is 0 Å². The molecule has 0 N–H and O–H groups in total. The Labute approximate surface area is 101 Å². The van der Waals surface area contributed by atoms with E-state index in [0.717, 1.165) is 6.54 Å². The third kappa shape index (κ3) is 2.84. The quantitative estimate of drug-likeness (QED) is 0.785. The Kier molecular flexibility index (Phi) is 3.46. The van der Waals surface area contributed by atoms with Crippen LogP contribution in [0.25, 0.3) is 0 Å². The minimum absolute atomic E-state index is 0.0249. The van der Waals surface area contributed by atoms with Crippen LogP contribution < -0.4 is 0 Å². The molecule has 0 aliphatic heterocycles. The zero-order chi connectivity index (χ0) is 12.4. The lowest BCUT2D eigenvalue weighted by molar-refractivity contribution is 0.0756. The molecule has 0 bridgehead atoms. The maximum absolute atomic E-state index is 13.0. The number of rotatable bonds is 4. The van der Waals surface area contributed by atoms with Gasteiger partial charge in [-0.1, -0.05) is 0 Å². The summed E-state index contributed by atoms with van der Waals surface area (Å²) in [6.45, 7) is 5.32. The summed E-state index contributed by atoms with van der Waals surface area (Å²) in [7, 11) is 0. The van der Waals surface area contributed by atoms with Crippen LogP contribution in [0.1, 0.15) is 35.7 Å². The molecule has 0 aromatic heterocycles. The number of hydrogen-bond acceptors (Lipinski definition) is 1. The van der Waals surface area contributed by atoms with E-state index >= 15 is 0 Å². The molecule has 0 unspecified atom stereocenters. The molecule has 2 nitrogen and oxygen atoms in total. The zero-order valence-corrected chi connectivity index (χ0v) is 10.4. The SMILES string of the molecule is CCN(CC1CC1)C(=O)c1ccc(F)cc1C. The van der Waals surface area contributed by atoms with Gasteiger partial charge in [-0.2, -0.15) is 0 Å². The first kappa shape index (κ1) is 12.1. The molecule has 1 saturated carbocycles. The summed E-state index contributed by atoms with van der Waals surface area (Å²) in [5, 5.41) is 0. The smallest absolute Gasteiger partial charge is 0.254 e. The van der Waals surface area contributed by atoms with Gasteiger partial charge in [-0.15, -0.1) is 0 Å². The molecule has 1 aromatic rings. The molecule has 1 fully saturated rings. The minimum Gasteiger partial charge on any atom is -0.339 e. The second kappa shape index (κ2) is 4.86. The average Bonchev–Trinajstić information content (AvgIpc) is 3.09. The van der Waals surface area contributed by atoms with Gasteiger partial charge in [-0.25, -0.2) is 4.39 Å². The van der Waals surface area contributed by atoms with E-state index in [2.05, 4.69) is 0 Å². The highest BCUT2D eigenvalue weighted by molar-refractivity contribution is 5.95. The lowest BCUT2D eigenvalue weighted by Crippen LogP contribution is -2.33. The normalized spacial score (nSPS) is 14.8. The summed E-state index contributed by atoms with van der Waals surface area (Å²) in [5.74, 6) is 0.417. The summed E-state index contributed by atoms with van der Waals surface area (Å²) >= 11 is 0. The van der Waals surface area contributed by atoms with Crippen molar-refractivity contribution in [2.45, 2.75) is 26.7 Å². The van der Waals surface area contributed by atoms with Crippen LogP contribution in [0.3, 0.4) is 0 Å². The lowest BCUT2D eigenvalue weighted by atomic mass is 10.1. The van der Waals surface area contributed by atoms with E-state index in [1.165, 1.54) is 25.0 Å². The van der Waals surface area contributed by atoms with Gasteiger partial charge in [-0.05, 0) is 56.4 Å². The van der Waals surface area contributed by atoms with E-state index in [0.29, 0.717) is 23.6 Å². The van der Waals surface area contributed by atoms with E-state index in [1.54, 1.807) is 13.0 Å². The van der Waals surface area contributed by atoms with Crippen molar-refractivity contribution in [2.24, 2.45) is 5.92 Å². The third-order valence-electron chi connectivity index (χ3n) is 3.26. The fourth-order valence-electron chi connectivity index (χ4n) is 2.01. The number of amides is 1. The summed E-state index contributed by atoms with van der Waals surface area (Å²) in [6.07, 6.45) is 2.46. The van der Waals surface area contributed by atoms with E-state index in [1.807, 2.05) is 11.8 Å². The first-order valence-electron chi connectivity index (χ1n) is 6.17. The Hall–Kier alpha value is -1.38. The van der Waals surface area contributed by atoms with E-state index < -0.39 is 0 Å². The second-order valence-electron chi connectivity index (χ2n) is 4.75. The van der Waals surface area contributed by atoms with E-state index in [4.69, 9.17) is 0 Å². The summed E-state index contributed by atoms with van der Waals surface area (Å²) in [4.78, 5) is 14.1. The summed E-state index contributed by atoms with van der Waals surface area (Å²) in [5.41, 5.74) is 1.33. The van der Waals surface area contributed by atoms with Gasteiger partial charge in [0.15, 0.2) is 0 Å². The molecule has 1 amide bonds. The van der Waals surface area contributed by atoms with Crippen LogP contribution in [0.4, 0.5) is 4.39 Å². The van der Waals surface area contributed by atoms with Crippen molar-refractivity contribution in [3.63, 3.8) is 0 Å². The van der Waals surface area contributed by atoms with Gasteiger partial charge in [0.25, 0.3) is 5.91 Å². The molecule has 3 heteroatoms. The maximum atomic E-state index is 13.0. The van der Waals surface area contributed by atoms with Crippen molar-refractivity contribution in [2.75, 3.05) is 13.1 Å². The number of carbonyl (C=O) groups excluding carboxylic acids is 1. The molecule has 92 valence electrons. The summed E-state index contributed by atoms with van der Waals surface area (Å²) < 4.78 is 13.0. The Morgan fingerprint density at radius 3 is 2.71 bits per heavy atom. The fourth-order valence-corrected chi connectivity index (χ4v) is 2.01. The van der Waals surface area contributed by atoms with Gasteiger partial charge < -0.3 is 4.90 Å². The molecule has 0 radical (unpaired) electrons. The molecular weight excluding hydrogens is 217 g/mol. The van der Waals surface area contributed by atoms with Crippen LogP contribution in [0, 0.1) is 18.7 Å². The molecule has 17 heavy (non-hydrogen) atoms. The number of halogens is 1. The van der Waals surface area contributed by atoms with Crippen LogP contribution in [0.15, 0.2) is 18.2 Å². The first-order chi connectivity index (χ1) is 8.11. The van der Waals surface area contributed by atoms with Gasteiger partial charge in [0, 0.05) is 18.7 Å². The Balaban J connectivity index is 2.15. The molecule has 2 rings (SSSR count). The highest BCUT2D eigenvalue weighted by Gasteiger charge is 2.26. The fraction of sp³-hybridized carbons (Fsp3) is 0.500. The van der Waals surface area contributed by atoms with Crippen molar-refractivity contribution in [3.8, 4) is 0 Å². The molecule has 1 aliphatic rings. The van der Waals surface area contributed by atoms with Crippen LogP contribution in [-0.4, -0.2) is 23.9 Å². The topological polar surface area (TPSA) is 20.3 Å². The van der Waals surface area contributed by atoms with Crippen molar-refractivity contribution in [3.05, 3.63) is 35.1 Å². The maximum Gasteiger partial charge on any atom is 0.254 e. The van der Waals surface area contributed by atoms with Crippen LogP contribution in [0.5, 0.6) is 0 Å². The highest BCUT2D eigenvalue weighted by Crippen LogP contribution is 2.30. The number of carbonyl (C=O) groups is 1. The molecular formula is C14H18FNO. The second-order valence-corrected chi connectivity index (χ2v) is 4.75.